The van der Waals surface area contributed by atoms with Gasteiger partial charge in [-0.3, -0.25) is 14.9 Å². The van der Waals surface area contributed by atoms with E-state index >= 15 is 0 Å². The van der Waals surface area contributed by atoms with Gasteiger partial charge in [-0.1, -0.05) is 18.2 Å². The molecule has 0 unspecified atom stereocenters. The third-order valence-corrected chi connectivity index (χ3v) is 5.10. The van der Waals surface area contributed by atoms with E-state index in [1.165, 1.54) is 24.3 Å². The molecular formula is C21H19FN4O3. The number of para-hydroxylation sites is 1. The third kappa shape index (κ3) is 3.61. The highest BCUT2D eigenvalue weighted by Gasteiger charge is 2.25. The highest BCUT2D eigenvalue weighted by atomic mass is 19.1. The number of nitrogens with zero attached hydrogens (tertiary/aromatic N) is 4. The van der Waals surface area contributed by atoms with E-state index < -0.39 is 10.7 Å². The van der Waals surface area contributed by atoms with Gasteiger partial charge in [-0.15, -0.1) is 0 Å². The molecule has 4 rings (SSSR count). The fourth-order valence-electron chi connectivity index (χ4n) is 3.70. The van der Waals surface area contributed by atoms with Crippen LogP contribution in [-0.2, 0) is 0 Å². The van der Waals surface area contributed by atoms with Gasteiger partial charge in [0.05, 0.1) is 4.92 Å². The van der Waals surface area contributed by atoms with Gasteiger partial charge in [0.2, 0.25) is 0 Å². The minimum Gasteiger partial charge on any atom is -0.367 e. The molecule has 1 saturated heterocycles. The number of rotatable bonds is 3. The molecule has 1 amide bonds. The molecule has 3 aromatic rings. The van der Waals surface area contributed by atoms with E-state index in [9.17, 15) is 19.3 Å². The first-order chi connectivity index (χ1) is 13.9. The fourth-order valence-corrected chi connectivity index (χ4v) is 3.70. The van der Waals surface area contributed by atoms with Crippen molar-refractivity contribution in [3.63, 3.8) is 0 Å². The third-order valence-electron chi connectivity index (χ3n) is 5.10. The van der Waals surface area contributed by atoms with E-state index in [1.807, 2.05) is 19.1 Å². The minimum atomic E-state index is -0.435. The van der Waals surface area contributed by atoms with Gasteiger partial charge < -0.3 is 9.80 Å². The zero-order valence-corrected chi connectivity index (χ0v) is 15.8. The first-order valence-corrected chi connectivity index (χ1v) is 9.28. The van der Waals surface area contributed by atoms with Crippen LogP contribution in [0.2, 0.25) is 0 Å². The smallest absolute Gasteiger partial charge is 0.295 e. The average molecular weight is 394 g/mol. The number of aromatic nitrogens is 1. The molecule has 2 aromatic carbocycles. The number of pyridine rings is 1. The van der Waals surface area contributed by atoms with Crippen LogP contribution in [-0.4, -0.2) is 46.9 Å². The summed E-state index contributed by atoms with van der Waals surface area (Å²) in [4.78, 5) is 31.8. The number of anilines is 1. The van der Waals surface area contributed by atoms with Crippen LogP contribution in [0.1, 0.15) is 16.1 Å². The Hall–Kier alpha value is -3.55. The van der Waals surface area contributed by atoms with Crippen molar-refractivity contribution in [2.45, 2.75) is 6.92 Å². The van der Waals surface area contributed by atoms with Crippen molar-refractivity contribution in [2.24, 2.45) is 0 Å². The van der Waals surface area contributed by atoms with Gasteiger partial charge in [0.25, 0.3) is 11.6 Å². The van der Waals surface area contributed by atoms with E-state index in [-0.39, 0.29) is 11.6 Å². The Morgan fingerprint density at radius 1 is 1.10 bits per heavy atom. The number of nitro benzene ring substituents is 1. The summed E-state index contributed by atoms with van der Waals surface area (Å²) in [7, 11) is 0. The quantitative estimate of drug-likeness (QED) is 0.501. The molecule has 0 saturated carbocycles. The molecule has 0 aliphatic carbocycles. The van der Waals surface area contributed by atoms with E-state index in [1.54, 1.807) is 17.0 Å². The maximum atomic E-state index is 13.4. The number of hydrogen-bond donors (Lipinski definition) is 0. The number of amides is 1. The van der Waals surface area contributed by atoms with Gasteiger partial charge in [-0.05, 0) is 31.2 Å². The highest BCUT2D eigenvalue weighted by Crippen LogP contribution is 2.32. The van der Waals surface area contributed by atoms with Crippen molar-refractivity contribution in [1.29, 1.82) is 0 Å². The number of non-ortho nitro benzene ring substituents is 1. The normalized spacial score (nSPS) is 14.3. The molecule has 0 atom stereocenters. The number of hydrogen-bond acceptors (Lipinski definition) is 5. The Morgan fingerprint density at radius 3 is 2.52 bits per heavy atom. The van der Waals surface area contributed by atoms with E-state index in [0.717, 1.165) is 11.1 Å². The molecule has 2 heterocycles. The summed E-state index contributed by atoms with van der Waals surface area (Å²) < 4.78 is 13.4. The van der Waals surface area contributed by atoms with Crippen molar-refractivity contribution in [1.82, 2.24) is 9.88 Å². The molecule has 1 aliphatic heterocycles. The SMILES string of the molecule is Cc1cc(N2CCN(C(=O)c3cccc(F)c3)CC2)c2cccc([N+](=O)[O-])c2n1. The van der Waals surface area contributed by atoms with Gasteiger partial charge in [0, 0.05) is 54.6 Å². The number of carbonyl (C=O) groups is 1. The maximum Gasteiger partial charge on any atom is 0.295 e. The second kappa shape index (κ2) is 7.46. The van der Waals surface area contributed by atoms with Crippen molar-refractivity contribution in [3.05, 3.63) is 75.7 Å². The van der Waals surface area contributed by atoms with Gasteiger partial charge in [-0.25, -0.2) is 9.37 Å². The number of nitro groups is 1. The second-order valence-electron chi connectivity index (χ2n) is 7.00. The fraction of sp³-hybridized carbons (Fsp3) is 0.238. The molecular weight excluding hydrogens is 375 g/mol. The topological polar surface area (TPSA) is 79.6 Å². The largest absolute Gasteiger partial charge is 0.367 e. The Bertz CT molecular complexity index is 1110. The van der Waals surface area contributed by atoms with Crippen LogP contribution >= 0.6 is 0 Å². The summed E-state index contributed by atoms with van der Waals surface area (Å²) in [5, 5.41) is 12.1. The van der Waals surface area contributed by atoms with Crippen LogP contribution in [0.4, 0.5) is 15.8 Å². The summed E-state index contributed by atoms with van der Waals surface area (Å²) >= 11 is 0. The summed E-state index contributed by atoms with van der Waals surface area (Å²) in [5.41, 5.74) is 2.24. The Kier molecular flexibility index (Phi) is 4.84. The van der Waals surface area contributed by atoms with Gasteiger partial charge in [0.1, 0.15) is 5.82 Å². The maximum absolute atomic E-state index is 13.4. The molecule has 0 bridgehead atoms. The van der Waals surface area contributed by atoms with Gasteiger partial charge in [-0.2, -0.15) is 0 Å². The second-order valence-corrected chi connectivity index (χ2v) is 7.00. The molecule has 0 N–H and O–H groups in total. The molecule has 0 radical (unpaired) electrons. The number of fused-ring (bicyclic) bond motifs is 1. The van der Waals surface area contributed by atoms with Crippen molar-refractivity contribution >= 4 is 28.2 Å². The lowest BCUT2D eigenvalue weighted by Gasteiger charge is -2.36. The van der Waals surface area contributed by atoms with Crippen LogP contribution in [0.3, 0.4) is 0 Å². The zero-order valence-electron chi connectivity index (χ0n) is 15.8. The van der Waals surface area contributed by atoms with Crippen LogP contribution in [0.25, 0.3) is 10.9 Å². The summed E-state index contributed by atoms with van der Waals surface area (Å²) in [5.74, 6) is -0.634. The Morgan fingerprint density at radius 2 is 1.83 bits per heavy atom. The standard InChI is InChI=1S/C21H19FN4O3/c1-14-12-19(17-6-3-7-18(26(28)29)20(17)23-14)24-8-10-25(11-9-24)21(27)15-4-2-5-16(22)13-15/h2-7,12-13H,8-11H2,1H3. The van der Waals surface area contributed by atoms with Crippen molar-refractivity contribution < 1.29 is 14.1 Å². The number of carbonyl (C=O) groups excluding carboxylic acids is 1. The van der Waals surface area contributed by atoms with Crippen LogP contribution < -0.4 is 4.90 Å². The molecule has 7 nitrogen and oxygen atoms in total. The average Bonchev–Trinajstić information content (AvgIpc) is 2.72. The lowest BCUT2D eigenvalue weighted by atomic mass is 10.1. The number of halogens is 1. The van der Waals surface area contributed by atoms with E-state index in [0.29, 0.717) is 43.0 Å². The number of piperazine rings is 1. The van der Waals surface area contributed by atoms with E-state index in [2.05, 4.69) is 9.88 Å². The summed E-state index contributed by atoms with van der Waals surface area (Å²) in [6.07, 6.45) is 0. The van der Waals surface area contributed by atoms with Gasteiger partial charge >= 0.3 is 0 Å². The Balaban J connectivity index is 1.59. The Labute approximate surface area is 166 Å². The van der Waals surface area contributed by atoms with Crippen molar-refractivity contribution in [2.75, 3.05) is 31.1 Å². The highest BCUT2D eigenvalue weighted by molar-refractivity contribution is 5.97. The van der Waals surface area contributed by atoms with Crippen LogP contribution in [0, 0.1) is 22.9 Å². The molecule has 148 valence electrons. The lowest BCUT2D eigenvalue weighted by molar-refractivity contribution is -0.383. The molecule has 1 aromatic heterocycles. The molecule has 1 aliphatic rings. The summed E-state index contributed by atoms with van der Waals surface area (Å²) in [6.45, 7) is 3.91. The number of benzene rings is 2. The molecule has 8 heteroatoms. The first-order valence-electron chi connectivity index (χ1n) is 9.28. The zero-order chi connectivity index (χ0) is 20.5. The molecule has 1 fully saturated rings. The lowest BCUT2D eigenvalue weighted by Crippen LogP contribution is -2.48. The van der Waals surface area contributed by atoms with Gasteiger partial charge in [0.15, 0.2) is 5.52 Å². The molecule has 29 heavy (non-hydrogen) atoms. The monoisotopic (exact) mass is 394 g/mol. The first kappa shape index (κ1) is 18.8. The predicted molar refractivity (Wildman–Crippen MR) is 108 cm³/mol. The van der Waals surface area contributed by atoms with Crippen LogP contribution in [0.5, 0.6) is 0 Å². The predicted octanol–water partition coefficient (Wildman–Crippen LogP) is 3.55. The van der Waals surface area contributed by atoms with Crippen LogP contribution in [0.15, 0.2) is 48.5 Å². The number of aryl methyl sites for hydroxylation is 1. The van der Waals surface area contributed by atoms with E-state index in [4.69, 9.17) is 0 Å². The molecule has 0 spiro atoms. The minimum absolute atomic E-state index is 0.0210. The summed E-state index contributed by atoms with van der Waals surface area (Å²) in [6, 6.07) is 12.5. The van der Waals surface area contributed by atoms with Crippen molar-refractivity contribution in [3.8, 4) is 0 Å².